The van der Waals surface area contributed by atoms with Gasteiger partial charge in [-0.25, -0.2) is 22.2 Å². The predicted octanol–water partition coefficient (Wildman–Crippen LogP) is 4.27. The van der Waals surface area contributed by atoms with Gasteiger partial charge in [-0.2, -0.15) is 5.10 Å². The van der Waals surface area contributed by atoms with Crippen molar-refractivity contribution < 1.29 is 22.0 Å². The van der Waals surface area contributed by atoms with Crippen molar-refractivity contribution in [3.8, 4) is 11.1 Å². The molecule has 0 unspecified atom stereocenters. The molecule has 0 aliphatic carbocycles. The van der Waals surface area contributed by atoms with Gasteiger partial charge in [0.1, 0.15) is 17.3 Å². The minimum absolute atomic E-state index is 0.0203. The van der Waals surface area contributed by atoms with E-state index in [0.29, 0.717) is 11.0 Å². The van der Waals surface area contributed by atoms with Crippen LogP contribution in [0.4, 0.5) is 14.5 Å². The van der Waals surface area contributed by atoms with Gasteiger partial charge >= 0.3 is 0 Å². The van der Waals surface area contributed by atoms with E-state index in [0.717, 1.165) is 47.5 Å². The number of aromatic nitrogens is 4. The molecule has 0 fully saturated rings. The number of carbonyl (C=O) groups is 1. The number of nitrogens with one attached hydrogen (secondary N) is 2. The van der Waals surface area contributed by atoms with Gasteiger partial charge in [0, 0.05) is 53.4 Å². The van der Waals surface area contributed by atoms with Gasteiger partial charge in [-0.05, 0) is 48.5 Å². The number of rotatable bonds is 6. The Morgan fingerprint density at radius 3 is 2.49 bits per heavy atom. The maximum atomic E-state index is 14.7. The van der Waals surface area contributed by atoms with E-state index in [9.17, 15) is 22.0 Å². The molecular weight excluding hydrogens is 476 g/mol. The first-order chi connectivity index (χ1) is 16.7. The van der Waals surface area contributed by atoms with Crippen molar-refractivity contribution in [1.29, 1.82) is 0 Å². The van der Waals surface area contributed by atoms with Crippen LogP contribution in [-0.4, -0.2) is 33.9 Å². The second-order valence-electron chi connectivity index (χ2n) is 7.81. The van der Waals surface area contributed by atoms with E-state index in [-0.39, 0.29) is 21.7 Å². The van der Waals surface area contributed by atoms with E-state index in [1.165, 1.54) is 12.3 Å². The summed E-state index contributed by atoms with van der Waals surface area (Å²) in [6, 6.07) is 9.31. The smallest absolute Gasteiger partial charge is 0.261 e. The number of aryl methyl sites for hydroxylation is 1. The lowest BCUT2D eigenvalue weighted by Crippen LogP contribution is -2.14. The number of sulfonamides is 1. The maximum absolute atomic E-state index is 14.7. The van der Waals surface area contributed by atoms with Crippen LogP contribution in [0.15, 0.2) is 78.2 Å². The molecule has 35 heavy (non-hydrogen) atoms. The van der Waals surface area contributed by atoms with Crippen molar-refractivity contribution in [1.82, 2.24) is 19.7 Å². The van der Waals surface area contributed by atoms with Gasteiger partial charge in [0.15, 0.2) is 5.78 Å². The molecule has 3 heterocycles. The Morgan fingerprint density at radius 1 is 1.00 bits per heavy atom. The number of benzene rings is 2. The summed E-state index contributed by atoms with van der Waals surface area (Å²) in [4.78, 5) is 20.4. The van der Waals surface area contributed by atoms with Gasteiger partial charge in [-0.15, -0.1) is 0 Å². The molecule has 3 aromatic heterocycles. The zero-order valence-corrected chi connectivity index (χ0v) is 19.0. The monoisotopic (exact) mass is 493 g/mol. The number of carbonyl (C=O) groups excluding carboxylic acids is 1. The number of hydrogen-bond acceptors (Lipinski definition) is 5. The molecule has 11 heteroatoms. The molecule has 8 nitrogen and oxygen atoms in total. The number of pyridine rings is 1. The van der Waals surface area contributed by atoms with Crippen molar-refractivity contribution in [2.45, 2.75) is 4.90 Å². The number of aromatic amines is 1. The predicted molar refractivity (Wildman–Crippen MR) is 125 cm³/mol. The van der Waals surface area contributed by atoms with Crippen LogP contribution in [0.3, 0.4) is 0 Å². The van der Waals surface area contributed by atoms with Crippen LogP contribution in [0.1, 0.15) is 15.9 Å². The summed E-state index contributed by atoms with van der Waals surface area (Å²) >= 11 is 0. The van der Waals surface area contributed by atoms with E-state index in [1.807, 2.05) is 0 Å². The highest BCUT2D eigenvalue weighted by molar-refractivity contribution is 7.92. The van der Waals surface area contributed by atoms with Gasteiger partial charge in [0.2, 0.25) is 0 Å². The van der Waals surface area contributed by atoms with Crippen LogP contribution in [-0.2, 0) is 17.1 Å². The Kier molecular flexibility index (Phi) is 5.40. The second-order valence-corrected chi connectivity index (χ2v) is 9.49. The highest BCUT2D eigenvalue weighted by Gasteiger charge is 2.21. The minimum Gasteiger partial charge on any atom is -0.345 e. The Balaban J connectivity index is 1.50. The molecule has 2 aromatic carbocycles. The summed E-state index contributed by atoms with van der Waals surface area (Å²) in [6.07, 6.45) is 6.53. The lowest BCUT2D eigenvalue weighted by Gasteiger charge is -2.10. The summed E-state index contributed by atoms with van der Waals surface area (Å²) in [6.45, 7) is 0. The first-order valence-electron chi connectivity index (χ1n) is 10.3. The molecule has 0 radical (unpaired) electrons. The topological polar surface area (TPSA) is 110 Å². The molecule has 0 aliphatic rings. The lowest BCUT2D eigenvalue weighted by molar-refractivity contribution is 0.103. The third kappa shape index (κ3) is 4.28. The van der Waals surface area contributed by atoms with Gasteiger partial charge in [-0.3, -0.25) is 14.2 Å². The number of ketones is 1. The molecule has 0 saturated heterocycles. The third-order valence-corrected chi connectivity index (χ3v) is 6.80. The number of H-pyrrole nitrogens is 1. The SMILES string of the molecule is Cn1cc(-c2cnc3[nH]cc(C(=O)c4cc(NS(=O)(=O)c5ccc(F)cc5)ccc4F)c3c2)cn1. The average molecular weight is 493 g/mol. The molecule has 0 bridgehead atoms. The number of nitrogens with zero attached hydrogens (tertiary/aromatic N) is 3. The molecule has 0 aliphatic heterocycles. The van der Waals surface area contributed by atoms with E-state index in [4.69, 9.17) is 0 Å². The van der Waals surface area contributed by atoms with Crippen molar-refractivity contribution in [2.75, 3.05) is 4.72 Å². The summed E-state index contributed by atoms with van der Waals surface area (Å²) < 4.78 is 57.0. The first-order valence-corrected chi connectivity index (χ1v) is 11.8. The Morgan fingerprint density at radius 2 is 1.77 bits per heavy atom. The van der Waals surface area contributed by atoms with E-state index in [1.54, 1.807) is 36.4 Å². The standard InChI is InChI=1S/C24H17F2N5O3S/c1-31-13-15(11-29-31)14-8-19-21(12-28-24(19)27-10-14)23(32)20-9-17(4-7-22(20)26)30-35(33,34)18-5-2-16(25)3-6-18/h2-13,30H,1H3,(H,27,28). The van der Waals surface area contributed by atoms with Crippen LogP contribution < -0.4 is 4.72 Å². The number of anilines is 1. The molecule has 0 amide bonds. The van der Waals surface area contributed by atoms with Crippen molar-refractivity contribution in [3.05, 3.63) is 96.1 Å². The summed E-state index contributed by atoms with van der Waals surface area (Å²) in [5.41, 5.74) is 1.79. The molecule has 5 aromatic rings. The van der Waals surface area contributed by atoms with E-state index in [2.05, 4.69) is 19.8 Å². The van der Waals surface area contributed by atoms with Crippen molar-refractivity contribution in [2.24, 2.45) is 7.05 Å². The van der Waals surface area contributed by atoms with E-state index >= 15 is 0 Å². The average Bonchev–Trinajstić information content (AvgIpc) is 3.46. The van der Waals surface area contributed by atoms with Crippen molar-refractivity contribution >= 4 is 32.5 Å². The Hall–Kier alpha value is -4.38. The quantitative estimate of drug-likeness (QED) is 0.343. The zero-order chi connectivity index (χ0) is 24.7. The van der Waals surface area contributed by atoms with Crippen molar-refractivity contribution in [3.63, 3.8) is 0 Å². The van der Waals surface area contributed by atoms with Crippen LogP contribution in [0.25, 0.3) is 22.2 Å². The van der Waals surface area contributed by atoms with Crippen LogP contribution in [0, 0.1) is 11.6 Å². The molecule has 2 N–H and O–H groups in total. The normalized spacial score (nSPS) is 11.6. The fraction of sp³-hybridized carbons (Fsp3) is 0.0417. The van der Waals surface area contributed by atoms with Crippen LogP contribution in [0.2, 0.25) is 0 Å². The molecule has 0 spiro atoms. The molecule has 5 rings (SSSR count). The molecule has 0 saturated carbocycles. The van der Waals surface area contributed by atoms with Gasteiger partial charge < -0.3 is 4.98 Å². The fourth-order valence-electron chi connectivity index (χ4n) is 3.66. The minimum atomic E-state index is -4.08. The van der Waals surface area contributed by atoms with Gasteiger partial charge in [0.05, 0.1) is 16.7 Å². The first kappa shape index (κ1) is 22.4. The fourth-order valence-corrected chi connectivity index (χ4v) is 4.70. The third-order valence-electron chi connectivity index (χ3n) is 5.40. The molecule has 176 valence electrons. The Bertz CT molecular complexity index is 1690. The molecular formula is C24H17F2N5O3S. The van der Waals surface area contributed by atoms with Crippen LogP contribution >= 0.6 is 0 Å². The summed E-state index contributed by atoms with van der Waals surface area (Å²) in [7, 11) is -2.30. The Labute approximate surface area is 198 Å². The lowest BCUT2D eigenvalue weighted by atomic mass is 10.0. The highest BCUT2D eigenvalue weighted by Crippen LogP contribution is 2.28. The number of hydrogen-bond donors (Lipinski definition) is 2. The summed E-state index contributed by atoms with van der Waals surface area (Å²) in [5.74, 6) is -2.05. The highest BCUT2D eigenvalue weighted by atomic mass is 32.2. The number of halogens is 2. The number of fused-ring (bicyclic) bond motifs is 1. The van der Waals surface area contributed by atoms with Gasteiger partial charge in [0.25, 0.3) is 10.0 Å². The van der Waals surface area contributed by atoms with Crippen LogP contribution in [0.5, 0.6) is 0 Å². The largest absolute Gasteiger partial charge is 0.345 e. The maximum Gasteiger partial charge on any atom is 0.261 e. The molecule has 0 atom stereocenters. The van der Waals surface area contributed by atoms with E-state index < -0.39 is 27.4 Å². The zero-order valence-electron chi connectivity index (χ0n) is 18.2. The van der Waals surface area contributed by atoms with Gasteiger partial charge in [-0.1, -0.05) is 0 Å². The summed E-state index contributed by atoms with van der Waals surface area (Å²) in [5, 5.41) is 4.61. The second kappa shape index (κ2) is 8.44.